The molecule has 1 atom stereocenters. The van der Waals surface area contributed by atoms with Gasteiger partial charge in [-0.25, -0.2) is 0 Å². The number of Topliss-reactive ketones (excluding diaryl/α,β-unsaturated/α-hetero) is 1. The molecule has 0 amide bonds. The number of carbonyl (C=O) groups excluding carboxylic acids is 3. The first kappa shape index (κ1) is 15.9. The van der Waals surface area contributed by atoms with E-state index in [9.17, 15) is 14.4 Å². The molecule has 0 unspecified atom stereocenters. The van der Waals surface area contributed by atoms with Crippen LogP contribution in [0.1, 0.15) is 44.5 Å². The van der Waals surface area contributed by atoms with E-state index in [0.29, 0.717) is 12.0 Å². The van der Waals surface area contributed by atoms with Gasteiger partial charge in [-0.05, 0) is 18.6 Å². The molecule has 0 aliphatic rings. The van der Waals surface area contributed by atoms with Crippen molar-refractivity contribution in [1.82, 2.24) is 0 Å². The summed E-state index contributed by atoms with van der Waals surface area (Å²) >= 11 is 0. The van der Waals surface area contributed by atoms with Crippen molar-refractivity contribution in [2.75, 3.05) is 0 Å². The summed E-state index contributed by atoms with van der Waals surface area (Å²) in [7, 11) is 0. The van der Waals surface area contributed by atoms with Crippen molar-refractivity contribution in [2.24, 2.45) is 5.92 Å². The van der Waals surface area contributed by atoms with Crippen LogP contribution in [0.15, 0.2) is 18.2 Å². The van der Waals surface area contributed by atoms with Gasteiger partial charge >= 0.3 is 11.9 Å². The van der Waals surface area contributed by atoms with E-state index in [1.165, 1.54) is 32.0 Å². The van der Waals surface area contributed by atoms with Crippen LogP contribution in [0, 0.1) is 5.92 Å². The number of hydrogen-bond donors (Lipinski definition) is 0. The highest BCUT2D eigenvalue weighted by molar-refractivity contribution is 6.00. The van der Waals surface area contributed by atoms with E-state index >= 15 is 0 Å². The van der Waals surface area contributed by atoms with E-state index in [0.717, 1.165) is 0 Å². The molecule has 5 nitrogen and oxygen atoms in total. The second kappa shape index (κ2) is 6.84. The number of rotatable bonds is 5. The molecule has 0 heterocycles. The minimum absolute atomic E-state index is 0.113. The molecule has 5 heteroatoms. The van der Waals surface area contributed by atoms with Gasteiger partial charge in [0.15, 0.2) is 5.78 Å². The smallest absolute Gasteiger partial charge is 0.308 e. The van der Waals surface area contributed by atoms with Gasteiger partial charge in [-0.2, -0.15) is 0 Å². The van der Waals surface area contributed by atoms with Crippen LogP contribution >= 0.6 is 0 Å². The normalized spacial score (nSPS) is 11.6. The van der Waals surface area contributed by atoms with Crippen molar-refractivity contribution in [3.05, 3.63) is 23.8 Å². The Kier molecular flexibility index (Phi) is 5.43. The summed E-state index contributed by atoms with van der Waals surface area (Å²) < 4.78 is 9.95. The Morgan fingerprint density at radius 3 is 2.20 bits per heavy atom. The van der Waals surface area contributed by atoms with Crippen LogP contribution < -0.4 is 9.47 Å². The predicted octanol–water partition coefficient (Wildman–Crippen LogP) is 2.77. The lowest BCUT2D eigenvalue weighted by Gasteiger charge is -2.13. The van der Waals surface area contributed by atoms with E-state index in [4.69, 9.17) is 9.47 Å². The number of hydrogen-bond acceptors (Lipinski definition) is 5. The summed E-state index contributed by atoms with van der Waals surface area (Å²) in [4.78, 5) is 34.3. The minimum Gasteiger partial charge on any atom is -0.427 e. The summed E-state index contributed by atoms with van der Waals surface area (Å²) in [5.74, 6) is -0.971. The summed E-state index contributed by atoms with van der Waals surface area (Å²) in [5.41, 5.74) is 0.311. The van der Waals surface area contributed by atoms with Crippen LogP contribution in [0.4, 0.5) is 0 Å². The monoisotopic (exact) mass is 278 g/mol. The molecular weight excluding hydrogens is 260 g/mol. The van der Waals surface area contributed by atoms with Crippen LogP contribution in [0.3, 0.4) is 0 Å². The van der Waals surface area contributed by atoms with Gasteiger partial charge in [0.1, 0.15) is 11.5 Å². The van der Waals surface area contributed by atoms with Gasteiger partial charge < -0.3 is 9.47 Å². The Morgan fingerprint density at radius 1 is 1.10 bits per heavy atom. The summed E-state index contributed by atoms with van der Waals surface area (Å²) in [6.45, 7) is 6.22. The summed E-state index contributed by atoms with van der Waals surface area (Å²) in [6, 6.07) is 4.38. The van der Waals surface area contributed by atoms with Crippen LogP contribution in [-0.2, 0) is 9.59 Å². The molecule has 0 fully saturated rings. The molecular formula is C15H18O5. The van der Waals surface area contributed by atoms with Crippen molar-refractivity contribution in [3.63, 3.8) is 0 Å². The van der Waals surface area contributed by atoms with Crippen LogP contribution in [0.2, 0.25) is 0 Å². The van der Waals surface area contributed by atoms with Gasteiger partial charge in [0.2, 0.25) is 0 Å². The van der Waals surface area contributed by atoms with Crippen molar-refractivity contribution < 1.29 is 23.9 Å². The molecule has 1 aromatic carbocycles. The molecule has 0 aliphatic carbocycles. The average Bonchev–Trinajstić information content (AvgIpc) is 2.36. The fraction of sp³-hybridized carbons (Fsp3) is 0.400. The van der Waals surface area contributed by atoms with E-state index in [2.05, 4.69) is 0 Å². The standard InChI is InChI=1S/C15H18O5/c1-5-9(2)15(18)13-7-6-12(19-10(3)16)8-14(13)20-11(4)17/h6-9H,5H2,1-4H3/t9-/m1/s1. The van der Waals surface area contributed by atoms with E-state index in [1.54, 1.807) is 6.92 Å². The Morgan fingerprint density at radius 2 is 1.70 bits per heavy atom. The highest BCUT2D eigenvalue weighted by Crippen LogP contribution is 2.28. The second-order valence-corrected chi connectivity index (χ2v) is 4.52. The molecule has 0 saturated heterocycles. The SMILES string of the molecule is CC[C@@H](C)C(=O)c1ccc(OC(C)=O)cc1OC(C)=O. The van der Waals surface area contributed by atoms with E-state index in [1.807, 2.05) is 6.92 Å². The maximum atomic E-state index is 12.2. The molecule has 0 bridgehead atoms. The number of benzene rings is 1. The molecule has 0 N–H and O–H groups in total. The van der Waals surface area contributed by atoms with E-state index < -0.39 is 11.9 Å². The summed E-state index contributed by atoms with van der Waals surface area (Å²) in [6.07, 6.45) is 0.685. The molecule has 0 aromatic heterocycles. The first-order valence-electron chi connectivity index (χ1n) is 6.40. The minimum atomic E-state index is -0.539. The quantitative estimate of drug-likeness (QED) is 0.470. The highest BCUT2D eigenvalue weighted by atomic mass is 16.5. The van der Waals surface area contributed by atoms with Crippen LogP contribution in [-0.4, -0.2) is 17.7 Å². The number of ketones is 1. The third-order valence-corrected chi connectivity index (χ3v) is 2.79. The zero-order chi connectivity index (χ0) is 15.3. The van der Waals surface area contributed by atoms with Gasteiger partial charge in [-0.15, -0.1) is 0 Å². The van der Waals surface area contributed by atoms with Crippen LogP contribution in [0.5, 0.6) is 11.5 Å². The van der Waals surface area contributed by atoms with Crippen molar-refractivity contribution in [3.8, 4) is 11.5 Å². The molecule has 20 heavy (non-hydrogen) atoms. The lowest BCUT2D eigenvalue weighted by Crippen LogP contribution is -2.14. The third kappa shape index (κ3) is 4.19. The molecule has 0 aliphatic heterocycles. The number of carbonyl (C=O) groups is 3. The number of ether oxygens (including phenoxy) is 2. The molecule has 0 radical (unpaired) electrons. The summed E-state index contributed by atoms with van der Waals surface area (Å²) in [5, 5.41) is 0. The maximum absolute atomic E-state index is 12.2. The number of esters is 2. The van der Waals surface area contributed by atoms with Gasteiger partial charge in [0, 0.05) is 25.8 Å². The fourth-order valence-corrected chi connectivity index (χ4v) is 1.63. The predicted molar refractivity (Wildman–Crippen MR) is 72.8 cm³/mol. The Balaban J connectivity index is 3.19. The van der Waals surface area contributed by atoms with Gasteiger partial charge in [-0.3, -0.25) is 14.4 Å². The molecule has 108 valence electrons. The average molecular weight is 278 g/mol. The van der Waals surface area contributed by atoms with Crippen molar-refractivity contribution in [2.45, 2.75) is 34.1 Å². The van der Waals surface area contributed by atoms with Gasteiger partial charge in [0.25, 0.3) is 0 Å². The Hall–Kier alpha value is -2.17. The molecule has 1 rings (SSSR count). The first-order chi connectivity index (χ1) is 9.35. The topological polar surface area (TPSA) is 69.7 Å². The van der Waals surface area contributed by atoms with Gasteiger partial charge in [0.05, 0.1) is 5.56 Å². The lowest BCUT2D eigenvalue weighted by molar-refractivity contribution is -0.132. The van der Waals surface area contributed by atoms with Crippen molar-refractivity contribution in [1.29, 1.82) is 0 Å². The third-order valence-electron chi connectivity index (χ3n) is 2.79. The van der Waals surface area contributed by atoms with E-state index in [-0.39, 0.29) is 23.2 Å². The fourth-order valence-electron chi connectivity index (χ4n) is 1.63. The molecule has 0 spiro atoms. The zero-order valence-corrected chi connectivity index (χ0v) is 12.1. The molecule has 0 saturated carbocycles. The van der Waals surface area contributed by atoms with Crippen molar-refractivity contribution >= 4 is 17.7 Å². The maximum Gasteiger partial charge on any atom is 0.308 e. The lowest BCUT2D eigenvalue weighted by atomic mass is 9.96. The second-order valence-electron chi connectivity index (χ2n) is 4.52. The highest BCUT2D eigenvalue weighted by Gasteiger charge is 2.20. The molecule has 1 aromatic rings. The Bertz CT molecular complexity index is 533. The Labute approximate surface area is 117 Å². The van der Waals surface area contributed by atoms with Crippen LogP contribution in [0.25, 0.3) is 0 Å². The van der Waals surface area contributed by atoms with Gasteiger partial charge in [-0.1, -0.05) is 13.8 Å². The first-order valence-corrected chi connectivity index (χ1v) is 6.40. The largest absolute Gasteiger partial charge is 0.427 e. The zero-order valence-electron chi connectivity index (χ0n) is 12.1.